The molecule has 4 rings (SSSR count). The molecule has 3 aliphatic carbocycles. The molecule has 4 N–H and O–H groups in total. The normalized spacial score (nSPS) is 30.8. The van der Waals surface area contributed by atoms with Gasteiger partial charge in [-0.1, -0.05) is 23.2 Å². The summed E-state index contributed by atoms with van der Waals surface area (Å²) in [5.41, 5.74) is 6.92. The summed E-state index contributed by atoms with van der Waals surface area (Å²) in [6.45, 7) is 0. The number of nitrogens with two attached hydrogens (primary N) is 1. The molecule has 3 aliphatic rings. The number of hydrogen-bond acceptors (Lipinski definition) is 2. The maximum Gasteiger partial charge on any atom is 0.196 e. The maximum absolute atomic E-state index is 6.35. The highest BCUT2D eigenvalue weighted by atomic mass is 35.5. The zero-order valence-corrected chi connectivity index (χ0v) is 18.7. The largest absolute Gasteiger partial charge is 0.353 e. The van der Waals surface area contributed by atoms with Crippen molar-refractivity contribution in [1.29, 1.82) is 0 Å². The van der Waals surface area contributed by atoms with Gasteiger partial charge in [-0.15, -0.1) is 0 Å². The van der Waals surface area contributed by atoms with E-state index in [1.807, 2.05) is 12.1 Å². The molecule has 160 valence electrons. The number of aliphatic imine (C=N–C) groups is 1. The first-order chi connectivity index (χ1) is 14.0. The minimum atomic E-state index is 0.394. The lowest BCUT2D eigenvalue weighted by Gasteiger charge is -2.32. The lowest BCUT2D eigenvalue weighted by atomic mass is 9.76. The van der Waals surface area contributed by atoms with Gasteiger partial charge in [-0.25, -0.2) is 4.99 Å². The van der Waals surface area contributed by atoms with Crippen LogP contribution < -0.4 is 16.4 Å². The summed E-state index contributed by atoms with van der Waals surface area (Å²) in [6.07, 6.45) is 13.9. The summed E-state index contributed by atoms with van der Waals surface area (Å²) < 4.78 is 0. The van der Waals surface area contributed by atoms with Gasteiger partial charge < -0.3 is 16.4 Å². The molecule has 0 amide bonds. The smallest absolute Gasteiger partial charge is 0.196 e. The zero-order valence-electron chi connectivity index (χ0n) is 17.2. The van der Waals surface area contributed by atoms with Crippen molar-refractivity contribution in [3.63, 3.8) is 0 Å². The third-order valence-electron chi connectivity index (χ3n) is 6.79. The van der Waals surface area contributed by atoms with Gasteiger partial charge in [0.1, 0.15) is 0 Å². The quantitative estimate of drug-likeness (QED) is 0.392. The van der Waals surface area contributed by atoms with Gasteiger partial charge in [-0.2, -0.15) is 0 Å². The van der Waals surface area contributed by atoms with E-state index < -0.39 is 0 Å². The molecule has 0 spiro atoms. The molecule has 1 aromatic rings. The second-order valence-corrected chi connectivity index (χ2v) is 10.2. The fraction of sp³-hybridized carbons (Fsp3) is 0.696. The van der Waals surface area contributed by atoms with Crippen LogP contribution in [0.3, 0.4) is 0 Å². The highest BCUT2D eigenvalue weighted by Crippen LogP contribution is 2.36. The molecule has 0 aliphatic heterocycles. The standard InChI is InChI=1S/C23H34Cl2N4/c24-17-5-12-22(21(25)14-17)29-23(28-20-10-11-20)27-19-8-3-16(4-9-19)13-15-1-6-18(26)7-2-15/h5,12,14-16,18-20H,1-4,6-11,13,26H2,(H2,27,28,29). The molecular formula is C23H34Cl2N4. The molecule has 0 heterocycles. The van der Waals surface area contributed by atoms with E-state index >= 15 is 0 Å². The van der Waals surface area contributed by atoms with Crippen LogP contribution in [0.1, 0.15) is 70.6 Å². The molecule has 0 bridgehead atoms. The van der Waals surface area contributed by atoms with Crippen LogP contribution in [0.2, 0.25) is 10.0 Å². The van der Waals surface area contributed by atoms with E-state index in [4.69, 9.17) is 33.9 Å². The Morgan fingerprint density at radius 3 is 2.21 bits per heavy atom. The van der Waals surface area contributed by atoms with Crippen LogP contribution in [0, 0.1) is 11.8 Å². The van der Waals surface area contributed by atoms with Crippen LogP contribution in [-0.2, 0) is 0 Å². The predicted octanol–water partition coefficient (Wildman–Crippen LogP) is 5.98. The second-order valence-electron chi connectivity index (χ2n) is 9.34. The van der Waals surface area contributed by atoms with Crippen molar-refractivity contribution >= 4 is 34.8 Å². The molecule has 0 atom stereocenters. The van der Waals surface area contributed by atoms with E-state index in [1.165, 1.54) is 70.6 Å². The van der Waals surface area contributed by atoms with Crippen molar-refractivity contribution in [3.05, 3.63) is 28.2 Å². The maximum atomic E-state index is 6.35. The van der Waals surface area contributed by atoms with E-state index in [0.29, 0.717) is 28.2 Å². The monoisotopic (exact) mass is 436 g/mol. The predicted molar refractivity (Wildman–Crippen MR) is 124 cm³/mol. The Kier molecular flexibility index (Phi) is 7.25. The topological polar surface area (TPSA) is 62.4 Å². The Morgan fingerprint density at radius 1 is 0.931 bits per heavy atom. The molecule has 1 aromatic carbocycles. The van der Waals surface area contributed by atoms with E-state index in [1.54, 1.807) is 6.07 Å². The van der Waals surface area contributed by atoms with E-state index in [2.05, 4.69) is 10.6 Å². The van der Waals surface area contributed by atoms with E-state index in [9.17, 15) is 0 Å². The highest BCUT2D eigenvalue weighted by molar-refractivity contribution is 6.36. The van der Waals surface area contributed by atoms with Crippen LogP contribution >= 0.6 is 23.2 Å². The number of halogens is 2. The number of rotatable bonds is 5. The molecule has 0 saturated heterocycles. The Bertz CT molecular complexity index is 703. The number of nitrogens with zero attached hydrogens (tertiary/aromatic N) is 1. The number of nitrogens with one attached hydrogen (secondary N) is 2. The number of benzene rings is 1. The molecule has 4 nitrogen and oxygen atoms in total. The summed E-state index contributed by atoms with van der Waals surface area (Å²) in [6, 6.07) is 6.93. The van der Waals surface area contributed by atoms with Gasteiger partial charge in [0.05, 0.1) is 16.8 Å². The molecule has 3 saturated carbocycles. The number of hydrogen-bond donors (Lipinski definition) is 3. The Morgan fingerprint density at radius 2 is 1.59 bits per heavy atom. The minimum absolute atomic E-state index is 0.394. The van der Waals surface area contributed by atoms with Gasteiger partial charge in [0.2, 0.25) is 0 Å². The van der Waals surface area contributed by atoms with Gasteiger partial charge in [0.15, 0.2) is 5.96 Å². The van der Waals surface area contributed by atoms with E-state index in [-0.39, 0.29) is 0 Å². The molecule has 29 heavy (non-hydrogen) atoms. The third-order valence-corrected chi connectivity index (χ3v) is 7.34. The average Bonchev–Trinajstić information content (AvgIpc) is 3.51. The fourth-order valence-electron chi connectivity index (χ4n) is 4.83. The molecule has 0 aromatic heterocycles. The first-order valence-electron chi connectivity index (χ1n) is 11.4. The Hall–Kier alpha value is -0.970. The van der Waals surface area contributed by atoms with Crippen molar-refractivity contribution in [2.24, 2.45) is 22.6 Å². The highest BCUT2D eigenvalue weighted by Gasteiger charge is 2.27. The fourth-order valence-corrected chi connectivity index (χ4v) is 5.29. The van der Waals surface area contributed by atoms with Crippen LogP contribution in [0.25, 0.3) is 0 Å². The van der Waals surface area contributed by atoms with E-state index in [0.717, 1.165) is 23.5 Å². The average molecular weight is 437 g/mol. The van der Waals surface area contributed by atoms with Crippen LogP contribution in [0.15, 0.2) is 23.2 Å². The molecular weight excluding hydrogens is 403 g/mol. The van der Waals surface area contributed by atoms with Gasteiger partial charge in [0, 0.05) is 17.1 Å². The summed E-state index contributed by atoms with van der Waals surface area (Å²) >= 11 is 12.4. The van der Waals surface area contributed by atoms with Gasteiger partial charge in [-0.05, 0) is 101 Å². The van der Waals surface area contributed by atoms with Crippen molar-refractivity contribution in [1.82, 2.24) is 5.32 Å². The van der Waals surface area contributed by atoms with Crippen molar-refractivity contribution in [2.45, 2.75) is 88.8 Å². The van der Waals surface area contributed by atoms with Crippen molar-refractivity contribution < 1.29 is 0 Å². The lowest BCUT2D eigenvalue weighted by Crippen LogP contribution is -2.34. The zero-order chi connectivity index (χ0) is 20.2. The second kappa shape index (κ2) is 9.89. The number of anilines is 1. The number of guanidine groups is 1. The molecule has 0 radical (unpaired) electrons. The Balaban J connectivity index is 1.31. The summed E-state index contributed by atoms with van der Waals surface area (Å²) in [5.74, 6) is 2.64. The first-order valence-corrected chi connectivity index (χ1v) is 12.1. The Labute approximate surface area is 185 Å². The van der Waals surface area contributed by atoms with Gasteiger partial charge >= 0.3 is 0 Å². The summed E-state index contributed by atoms with van der Waals surface area (Å²) in [5, 5.41) is 8.23. The van der Waals surface area contributed by atoms with Crippen LogP contribution in [0.4, 0.5) is 5.69 Å². The van der Waals surface area contributed by atoms with Crippen molar-refractivity contribution in [3.8, 4) is 0 Å². The van der Waals surface area contributed by atoms with Crippen LogP contribution in [-0.4, -0.2) is 24.1 Å². The molecule has 3 fully saturated rings. The van der Waals surface area contributed by atoms with Crippen molar-refractivity contribution in [2.75, 3.05) is 5.32 Å². The molecule has 6 heteroatoms. The third kappa shape index (κ3) is 6.50. The SMILES string of the molecule is NC1CCC(CC2CCC(N=C(Nc3ccc(Cl)cc3Cl)NC3CC3)CC2)CC1. The summed E-state index contributed by atoms with van der Waals surface area (Å²) in [4.78, 5) is 5.05. The van der Waals surface area contributed by atoms with Crippen LogP contribution in [0.5, 0.6) is 0 Å². The first kappa shape index (κ1) is 21.3. The lowest BCUT2D eigenvalue weighted by molar-refractivity contribution is 0.226. The molecule has 0 unspecified atom stereocenters. The minimum Gasteiger partial charge on any atom is -0.353 e. The van der Waals surface area contributed by atoms with Gasteiger partial charge in [-0.3, -0.25) is 0 Å². The summed E-state index contributed by atoms with van der Waals surface area (Å²) in [7, 11) is 0. The van der Waals surface area contributed by atoms with Gasteiger partial charge in [0.25, 0.3) is 0 Å².